The van der Waals surface area contributed by atoms with Gasteiger partial charge in [0.15, 0.2) is 0 Å². The molecular formula is C10H10N4O2. The van der Waals surface area contributed by atoms with E-state index in [0.717, 1.165) is 11.3 Å². The number of rotatable bonds is 2. The van der Waals surface area contributed by atoms with Crippen LogP contribution in [0.2, 0.25) is 0 Å². The average molecular weight is 218 g/mol. The van der Waals surface area contributed by atoms with E-state index < -0.39 is 0 Å². The lowest BCUT2D eigenvalue weighted by atomic mass is 10.1. The Balaban J connectivity index is 2.47. The van der Waals surface area contributed by atoms with E-state index in [0.29, 0.717) is 5.56 Å². The molecule has 0 saturated heterocycles. The lowest BCUT2D eigenvalue weighted by Crippen LogP contribution is -2.06. The van der Waals surface area contributed by atoms with Crippen molar-refractivity contribution in [3.8, 4) is 5.69 Å². The van der Waals surface area contributed by atoms with Crippen LogP contribution in [0.25, 0.3) is 5.69 Å². The summed E-state index contributed by atoms with van der Waals surface area (Å²) in [5.74, 6) is -0.368. The van der Waals surface area contributed by atoms with Crippen LogP contribution in [0.5, 0.6) is 0 Å². The normalized spacial score (nSPS) is 10.1. The van der Waals surface area contributed by atoms with Gasteiger partial charge >= 0.3 is 5.97 Å². The van der Waals surface area contributed by atoms with Crippen LogP contribution in [0.1, 0.15) is 15.9 Å². The molecule has 1 aromatic carbocycles. The van der Waals surface area contributed by atoms with Crippen molar-refractivity contribution in [1.29, 1.82) is 0 Å². The number of carbonyl (C=O) groups excluding carboxylic acids is 1. The molecule has 0 aliphatic heterocycles. The van der Waals surface area contributed by atoms with Crippen LogP contribution >= 0.6 is 0 Å². The molecule has 16 heavy (non-hydrogen) atoms. The first-order valence-corrected chi connectivity index (χ1v) is 4.64. The summed E-state index contributed by atoms with van der Waals surface area (Å²) in [4.78, 5) is 11.5. The van der Waals surface area contributed by atoms with Gasteiger partial charge in [0.05, 0.1) is 18.4 Å². The molecule has 1 aromatic heterocycles. The van der Waals surface area contributed by atoms with Crippen molar-refractivity contribution in [2.45, 2.75) is 6.92 Å². The topological polar surface area (TPSA) is 69.9 Å². The van der Waals surface area contributed by atoms with Gasteiger partial charge in [0, 0.05) is 0 Å². The van der Waals surface area contributed by atoms with Gasteiger partial charge in [-0.05, 0) is 35.0 Å². The van der Waals surface area contributed by atoms with Crippen molar-refractivity contribution in [3.63, 3.8) is 0 Å². The van der Waals surface area contributed by atoms with Crippen LogP contribution < -0.4 is 0 Å². The monoisotopic (exact) mass is 218 g/mol. The highest BCUT2D eigenvalue weighted by Gasteiger charge is 2.10. The molecule has 2 aromatic rings. The molecule has 0 spiro atoms. The highest BCUT2D eigenvalue weighted by molar-refractivity contribution is 5.91. The Morgan fingerprint density at radius 2 is 2.25 bits per heavy atom. The Kier molecular flexibility index (Phi) is 2.63. The smallest absolute Gasteiger partial charge is 0.338 e. The lowest BCUT2D eigenvalue weighted by molar-refractivity contribution is 0.0600. The number of aryl methyl sites for hydroxylation is 1. The molecule has 0 amide bonds. The largest absolute Gasteiger partial charge is 0.465 e. The van der Waals surface area contributed by atoms with Gasteiger partial charge in [0.2, 0.25) is 0 Å². The van der Waals surface area contributed by atoms with E-state index in [4.69, 9.17) is 0 Å². The first kappa shape index (κ1) is 10.3. The van der Waals surface area contributed by atoms with Gasteiger partial charge in [-0.15, -0.1) is 5.10 Å². The first-order chi connectivity index (χ1) is 7.72. The van der Waals surface area contributed by atoms with E-state index in [1.165, 1.54) is 18.1 Å². The second kappa shape index (κ2) is 4.09. The molecule has 0 bridgehead atoms. The Labute approximate surface area is 91.8 Å². The molecule has 0 atom stereocenters. The summed E-state index contributed by atoms with van der Waals surface area (Å²) in [6, 6.07) is 5.35. The van der Waals surface area contributed by atoms with Crippen molar-refractivity contribution >= 4 is 5.97 Å². The predicted molar refractivity (Wildman–Crippen MR) is 55.2 cm³/mol. The van der Waals surface area contributed by atoms with Crippen molar-refractivity contribution in [2.24, 2.45) is 0 Å². The third-order valence-electron chi connectivity index (χ3n) is 2.24. The number of methoxy groups -OCH3 is 1. The van der Waals surface area contributed by atoms with Gasteiger partial charge in [-0.1, -0.05) is 6.07 Å². The third kappa shape index (κ3) is 1.77. The van der Waals surface area contributed by atoms with E-state index in [-0.39, 0.29) is 5.97 Å². The van der Waals surface area contributed by atoms with Gasteiger partial charge < -0.3 is 4.74 Å². The van der Waals surface area contributed by atoms with Crippen LogP contribution in [-0.4, -0.2) is 33.3 Å². The Bertz CT molecular complexity index is 508. The minimum atomic E-state index is -0.368. The number of carbonyl (C=O) groups is 1. The molecule has 2 rings (SSSR count). The van der Waals surface area contributed by atoms with E-state index in [1.807, 2.05) is 19.1 Å². The molecule has 0 radical (unpaired) electrons. The fraction of sp³-hybridized carbons (Fsp3) is 0.200. The van der Waals surface area contributed by atoms with Gasteiger partial charge in [-0.2, -0.15) is 0 Å². The van der Waals surface area contributed by atoms with Crippen LogP contribution in [-0.2, 0) is 4.74 Å². The Hall–Kier alpha value is -2.24. The summed E-state index contributed by atoms with van der Waals surface area (Å²) in [5.41, 5.74) is 2.08. The number of hydrogen-bond donors (Lipinski definition) is 0. The summed E-state index contributed by atoms with van der Waals surface area (Å²) >= 11 is 0. The van der Waals surface area contributed by atoms with E-state index in [1.54, 1.807) is 6.07 Å². The molecule has 6 heteroatoms. The van der Waals surface area contributed by atoms with Crippen molar-refractivity contribution in [2.75, 3.05) is 7.11 Å². The molecule has 0 fully saturated rings. The number of nitrogens with zero attached hydrogens (tertiary/aromatic N) is 4. The number of tetrazole rings is 1. The van der Waals surface area contributed by atoms with E-state index in [2.05, 4.69) is 20.3 Å². The van der Waals surface area contributed by atoms with Crippen LogP contribution in [0.15, 0.2) is 24.5 Å². The third-order valence-corrected chi connectivity index (χ3v) is 2.24. The molecule has 1 heterocycles. The number of hydrogen-bond acceptors (Lipinski definition) is 5. The van der Waals surface area contributed by atoms with E-state index in [9.17, 15) is 4.79 Å². The van der Waals surface area contributed by atoms with Crippen LogP contribution in [0.4, 0.5) is 0 Å². The fourth-order valence-corrected chi connectivity index (χ4v) is 1.36. The maximum Gasteiger partial charge on any atom is 0.338 e. The zero-order chi connectivity index (χ0) is 11.5. The average Bonchev–Trinajstić information content (AvgIpc) is 2.82. The van der Waals surface area contributed by atoms with Gasteiger partial charge in [0.1, 0.15) is 6.33 Å². The minimum absolute atomic E-state index is 0.368. The summed E-state index contributed by atoms with van der Waals surface area (Å²) in [6.07, 6.45) is 1.46. The van der Waals surface area contributed by atoms with E-state index >= 15 is 0 Å². The molecule has 0 unspecified atom stereocenters. The maximum absolute atomic E-state index is 11.5. The zero-order valence-corrected chi connectivity index (χ0v) is 8.91. The highest BCUT2D eigenvalue weighted by atomic mass is 16.5. The Morgan fingerprint density at radius 3 is 2.88 bits per heavy atom. The summed E-state index contributed by atoms with van der Waals surface area (Å²) < 4.78 is 6.17. The lowest BCUT2D eigenvalue weighted by Gasteiger charge is -2.06. The predicted octanol–water partition coefficient (Wildman–Crippen LogP) is 0.757. The van der Waals surface area contributed by atoms with Gasteiger partial charge in [0.25, 0.3) is 0 Å². The van der Waals surface area contributed by atoms with Crippen LogP contribution in [0.3, 0.4) is 0 Å². The number of aromatic nitrogens is 4. The quantitative estimate of drug-likeness (QED) is 0.696. The standard InChI is InChI=1S/C10H10N4O2/c1-7-3-4-8(14-6-11-12-13-14)5-9(7)10(15)16-2/h3-6H,1-2H3. The van der Waals surface area contributed by atoms with Crippen molar-refractivity contribution in [1.82, 2.24) is 20.2 Å². The maximum atomic E-state index is 11.5. The fourth-order valence-electron chi connectivity index (χ4n) is 1.36. The summed E-state index contributed by atoms with van der Waals surface area (Å²) in [7, 11) is 1.35. The SMILES string of the molecule is COC(=O)c1cc(-n2cnnn2)ccc1C. The highest BCUT2D eigenvalue weighted by Crippen LogP contribution is 2.14. The van der Waals surface area contributed by atoms with Crippen molar-refractivity contribution in [3.05, 3.63) is 35.7 Å². The molecule has 0 aliphatic rings. The summed E-state index contributed by atoms with van der Waals surface area (Å²) in [5, 5.41) is 10.8. The summed E-state index contributed by atoms with van der Waals surface area (Å²) in [6.45, 7) is 1.84. The number of ether oxygens (including phenoxy) is 1. The van der Waals surface area contributed by atoms with Gasteiger partial charge in [-0.25, -0.2) is 9.48 Å². The van der Waals surface area contributed by atoms with Crippen LogP contribution in [0, 0.1) is 6.92 Å². The molecule has 0 aliphatic carbocycles. The number of benzene rings is 1. The second-order valence-corrected chi connectivity index (χ2v) is 3.25. The van der Waals surface area contributed by atoms with Gasteiger partial charge in [-0.3, -0.25) is 0 Å². The molecule has 82 valence electrons. The molecule has 6 nitrogen and oxygen atoms in total. The van der Waals surface area contributed by atoms with Crippen molar-refractivity contribution < 1.29 is 9.53 Å². The molecule has 0 N–H and O–H groups in total. The number of esters is 1. The zero-order valence-electron chi connectivity index (χ0n) is 8.91. The second-order valence-electron chi connectivity index (χ2n) is 3.25. The molecular weight excluding hydrogens is 208 g/mol. The first-order valence-electron chi connectivity index (χ1n) is 4.64. The molecule has 0 saturated carbocycles. The minimum Gasteiger partial charge on any atom is -0.465 e. The Morgan fingerprint density at radius 1 is 1.44 bits per heavy atom.